The molecule has 0 aromatic rings. The molecular weight excluding hydrogens is 528 g/mol. The second kappa shape index (κ2) is 11.7. The Kier molecular flexibility index (Phi) is 9.05. The summed E-state index contributed by atoms with van der Waals surface area (Å²) in [4.78, 5) is 70.8. The molecule has 0 aromatic heterocycles. The number of amides is 1. The summed E-state index contributed by atoms with van der Waals surface area (Å²) in [7, 11) is 0. The van der Waals surface area contributed by atoms with Crippen molar-refractivity contribution < 1.29 is 38.2 Å². The zero-order valence-electron chi connectivity index (χ0n) is 25.8. The first-order valence-electron chi connectivity index (χ1n) is 15.3. The van der Waals surface area contributed by atoms with Crippen molar-refractivity contribution in [2.24, 2.45) is 35.0 Å². The first-order valence-corrected chi connectivity index (χ1v) is 15.3. The molecule has 4 fully saturated rings. The number of aldehydes is 1. The minimum Gasteiger partial charge on any atom is -0.457 e. The van der Waals surface area contributed by atoms with Crippen LogP contribution in [0.2, 0.25) is 0 Å². The van der Waals surface area contributed by atoms with Gasteiger partial charge in [-0.3, -0.25) is 24.2 Å². The van der Waals surface area contributed by atoms with E-state index in [0.29, 0.717) is 39.0 Å². The van der Waals surface area contributed by atoms with Gasteiger partial charge in [0.2, 0.25) is 0 Å². The number of hydrogen-bond donors (Lipinski definition) is 0. The Bertz CT molecular complexity index is 1060. The van der Waals surface area contributed by atoms with Crippen LogP contribution >= 0.6 is 0 Å². The summed E-state index contributed by atoms with van der Waals surface area (Å²) < 4.78 is 17.5. The van der Waals surface area contributed by atoms with Gasteiger partial charge in [0, 0.05) is 49.3 Å². The highest BCUT2D eigenvalue weighted by atomic mass is 16.6. The lowest BCUT2D eigenvalue weighted by Crippen LogP contribution is -2.57. The van der Waals surface area contributed by atoms with Gasteiger partial charge in [0.1, 0.15) is 29.9 Å². The zero-order valence-corrected chi connectivity index (χ0v) is 25.8. The van der Waals surface area contributed by atoms with Crippen molar-refractivity contribution in [2.75, 3.05) is 39.4 Å². The Morgan fingerprint density at radius 1 is 0.951 bits per heavy atom. The van der Waals surface area contributed by atoms with E-state index in [2.05, 4.69) is 4.90 Å². The molecule has 0 radical (unpaired) electrons. The van der Waals surface area contributed by atoms with Crippen molar-refractivity contribution in [1.29, 1.82) is 0 Å². The second-order valence-electron chi connectivity index (χ2n) is 13.3. The first-order chi connectivity index (χ1) is 19.3. The molecule has 9 atom stereocenters. The van der Waals surface area contributed by atoms with E-state index in [4.69, 9.17) is 14.2 Å². The van der Waals surface area contributed by atoms with Crippen LogP contribution in [-0.2, 0) is 33.4 Å². The van der Waals surface area contributed by atoms with Gasteiger partial charge in [-0.2, -0.15) is 0 Å². The average Bonchev–Trinajstić information content (AvgIpc) is 3.68. The molecule has 1 aliphatic carbocycles. The van der Waals surface area contributed by atoms with E-state index in [0.717, 1.165) is 25.9 Å². The molecule has 1 amide bonds. The molecule has 10 heteroatoms. The van der Waals surface area contributed by atoms with Gasteiger partial charge >= 0.3 is 12.1 Å². The van der Waals surface area contributed by atoms with Crippen LogP contribution in [0.5, 0.6) is 0 Å². The lowest BCUT2D eigenvalue weighted by Gasteiger charge is -2.40. The van der Waals surface area contributed by atoms with Gasteiger partial charge in [-0.05, 0) is 45.4 Å². The quantitative estimate of drug-likeness (QED) is 0.267. The number of rotatable bonds is 6. The number of ether oxygens (including phenoxy) is 3. The first kappa shape index (κ1) is 31.6. The third-order valence-electron chi connectivity index (χ3n) is 10.9. The van der Waals surface area contributed by atoms with Crippen molar-refractivity contribution in [1.82, 2.24) is 9.80 Å². The minimum atomic E-state index is -1.27. The summed E-state index contributed by atoms with van der Waals surface area (Å²) in [5.41, 5.74) is -3.18. The summed E-state index contributed by atoms with van der Waals surface area (Å²) >= 11 is 0. The number of carbonyl (C=O) groups is 5. The van der Waals surface area contributed by atoms with Gasteiger partial charge < -0.3 is 19.0 Å². The lowest BCUT2D eigenvalue weighted by atomic mass is 9.66. The van der Waals surface area contributed by atoms with E-state index in [-0.39, 0.29) is 18.0 Å². The Morgan fingerprint density at radius 3 is 2.22 bits per heavy atom. The van der Waals surface area contributed by atoms with E-state index >= 15 is 0 Å². The molecule has 3 aliphatic heterocycles. The number of esters is 1. The molecule has 0 aromatic carbocycles. The molecule has 0 N–H and O–H groups in total. The summed E-state index contributed by atoms with van der Waals surface area (Å²) in [5, 5.41) is 0. The van der Waals surface area contributed by atoms with Crippen molar-refractivity contribution in [3.05, 3.63) is 0 Å². The van der Waals surface area contributed by atoms with Crippen LogP contribution in [0.3, 0.4) is 0 Å². The maximum absolute atomic E-state index is 14.1. The van der Waals surface area contributed by atoms with E-state index in [1.807, 2.05) is 20.8 Å². The SMILES string of the molecule is CC[C@H]1OC(=O)[C@H](C)C(=O)[C@H](C)[C@@H](C)[C@](C)(C=O)C[C@@H](C)C(=O)[C@@H]2C[C@]23N(CCCN2CCOCC2)C(=O)O[C@]13C. The highest BCUT2D eigenvalue weighted by Crippen LogP contribution is 2.63. The number of carbonyl (C=O) groups excluding carboxylic acids is 5. The molecule has 1 spiro atoms. The zero-order chi connectivity index (χ0) is 30.3. The summed E-state index contributed by atoms with van der Waals surface area (Å²) in [5.74, 6) is -4.03. The third-order valence-corrected chi connectivity index (χ3v) is 10.9. The molecule has 1 saturated carbocycles. The molecule has 3 heterocycles. The summed E-state index contributed by atoms with van der Waals surface area (Å²) in [6.07, 6.45) is 1.24. The average molecular weight is 577 g/mol. The molecule has 4 aliphatic rings. The van der Waals surface area contributed by atoms with Crippen LogP contribution in [0.25, 0.3) is 0 Å². The Hall–Kier alpha value is -2.33. The van der Waals surface area contributed by atoms with Crippen LogP contribution in [-0.4, -0.2) is 96.4 Å². The van der Waals surface area contributed by atoms with E-state index in [1.54, 1.807) is 25.7 Å². The van der Waals surface area contributed by atoms with Crippen LogP contribution in [0, 0.1) is 35.0 Å². The molecule has 0 unspecified atom stereocenters. The maximum atomic E-state index is 14.1. The van der Waals surface area contributed by atoms with Crippen molar-refractivity contribution in [3.63, 3.8) is 0 Å². The van der Waals surface area contributed by atoms with Crippen molar-refractivity contribution in [2.45, 2.75) is 91.4 Å². The Balaban J connectivity index is 1.70. The monoisotopic (exact) mass is 576 g/mol. The molecule has 3 saturated heterocycles. The fraction of sp³-hybridized carbons (Fsp3) is 0.839. The molecule has 0 bridgehead atoms. The topological polar surface area (TPSA) is 120 Å². The molecule has 41 heavy (non-hydrogen) atoms. The van der Waals surface area contributed by atoms with Crippen LogP contribution in [0.15, 0.2) is 0 Å². The summed E-state index contributed by atoms with van der Waals surface area (Å²) in [6, 6.07) is 0. The molecular formula is C31H48N2O8. The number of cyclic esters (lactones) is 1. The van der Waals surface area contributed by atoms with E-state index < -0.39 is 64.3 Å². The van der Waals surface area contributed by atoms with Crippen LogP contribution in [0.4, 0.5) is 4.79 Å². The van der Waals surface area contributed by atoms with E-state index in [9.17, 15) is 24.0 Å². The van der Waals surface area contributed by atoms with Crippen molar-refractivity contribution >= 4 is 29.9 Å². The largest absolute Gasteiger partial charge is 0.457 e. The molecule has 4 rings (SSSR count). The predicted molar refractivity (Wildman–Crippen MR) is 150 cm³/mol. The fourth-order valence-electron chi connectivity index (χ4n) is 7.70. The van der Waals surface area contributed by atoms with Crippen molar-refractivity contribution in [3.8, 4) is 0 Å². The number of ketones is 2. The third kappa shape index (κ3) is 5.35. The van der Waals surface area contributed by atoms with E-state index in [1.165, 1.54) is 6.92 Å². The fourth-order valence-corrected chi connectivity index (χ4v) is 7.70. The smallest absolute Gasteiger partial charge is 0.411 e. The highest BCUT2D eigenvalue weighted by Gasteiger charge is 2.79. The minimum absolute atomic E-state index is 0.0291. The summed E-state index contributed by atoms with van der Waals surface area (Å²) in [6.45, 7) is 16.6. The van der Waals surface area contributed by atoms with Gasteiger partial charge in [-0.25, -0.2) is 4.79 Å². The number of hydrogen-bond acceptors (Lipinski definition) is 9. The maximum Gasteiger partial charge on any atom is 0.411 e. The Morgan fingerprint density at radius 2 is 1.61 bits per heavy atom. The normalized spacial score (nSPS) is 42.6. The van der Waals surface area contributed by atoms with Gasteiger partial charge in [-0.15, -0.1) is 0 Å². The van der Waals surface area contributed by atoms with Crippen LogP contribution in [0.1, 0.15) is 74.1 Å². The van der Waals surface area contributed by atoms with Gasteiger partial charge in [0.25, 0.3) is 0 Å². The second-order valence-corrected chi connectivity index (χ2v) is 13.3. The number of nitrogens with zero attached hydrogens (tertiary/aromatic N) is 2. The molecule has 10 nitrogen and oxygen atoms in total. The van der Waals surface area contributed by atoms with Gasteiger partial charge in [0.15, 0.2) is 5.60 Å². The highest BCUT2D eigenvalue weighted by molar-refractivity contribution is 6.00. The molecule has 230 valence electrons. The standard InChI is InChI=1S/C31H48N2O8/c1-8-24-30(7)31(33(28(38)41-30)11-9-10-32-12-14-39-15-13-32)17-23(31)25(35)19(2)16-29(6,18-34)22(5)20(3)26(36)21(4)27(37)40-24/h18-24H,8-17H2,1-7H3/t19-,20-,21-,22-,23+,24-,29+,30-,31+/m1/s1. The van der Waals surface area contributed by atoms with Crippen LogP contribution < -0.4 is 0 Å². The Labute approximate surface area is 243 Å². The lowest BCUT2D eigenvalue weighted by molar-refractivity contribution is -0.171. The number of Topliss-reactive ketones (excluding diaryl/α,β-unsaturated/α-hetero) is 2. The van der Waals surface area contributed by atoms with Gasteiger partial charge in [0.05, 0.1) is 18.8 Å². The number of morpholine rings is 1. The predicted octanol–water partition coefficient (Wildman–Crippen LogP) is 3.29. The van der Waals surface area contributed by atoms with Gasteiger partial charge in [-0.1, -0.05) is 34.6 Å².